The number of hydrogen-bond acceptors (Lipinski definition) is 5. The van der Waals surface area contributed by atoms with Crippen LogP contribution in [0.15, 0.2) is 28.9 Å². The number of ether oxygens (including phenoxy) is 1. The maximum Gasteiger partial charge on any atom is 0.227 e. The first-order valence-electron chi connectivity index (χ1n) is 9.01. The van der Waals surface area contributed by atoms with Gasteiger partial charge in [-0.2, -0.15) is 0 Å². The maximum atomic E-state index is 12.7. The van der Waals surface area contributed by atoms with Crippen LogP contribution in [0.5, 0.6) is 5.75 Å². The minimum Gasteiger partial charge on any atom is -0.497 e. The molecule has 1 unspecified atom stereocenters. The van der Waals surface area contributed by atoms with Crippen molar-refractivity contribution in [2.75, 3.05) is 46.4 Å². The number of fused-ring (bicyclic) bond motifs is 1. The SMILES string of the molecule is COc1ccc2c(CC(=O)N3CCC(N4CCNCC4)C3)coc2c1.Cl. The lowest BCUT2D eigenvalue weighted by molar-refractivity contribution is -0.129. The molecule has 0 radical (unpaired) electrons. The molecule has 0 spiro atoms. The molecule has 1 atom stereocenters. The molecule has 7 heteroatoms. The highest BCUT2D eigenvalue weighted by Crippen LogP contribution is 2.26. The van der Waals surface area contributed by atoms with E-state index in [2.05, 4.69) is 10.2 Å². The topological polar surface area (TPSA) is 58.0 Å². The monoisotopic (exact) mass is 379 g/mol. The van der Waals surface area contributed by atoms with E-state index in [1.54, 1.807) is 13.4 Å². The zero-order chi connectivity index (χ0) is 17.2. The number of rotatable bonds is 4. The Morgan fingerprint density at radius 3 is 2.88 bits per heavy atom. The molecule has 2 fully saturated rings. The number of carbonyl (C=O) groups is 1. The highest BCUT2D eigenvalue weighted by atomic mass is 35.5. The maximum absolute atomic E-state index is 12.7. The Labute approximate surface area is 159 Å². The average Bonchev–Trinajstić information content (AvgIpc) is 3.30. The number of carbonyl (C=O) groups excluding carboxylic acids is 1. The molecule has 2 aliphatic rings. The van der Waals surface area contributed by atoms with Gasteiger partial charge in [0, 0.05) is 62.3 Å². The Morgan fingerprint density at radius 1 is 1.31 bits per heavy atom. The lowest BCUT2D eigenvalue weighted by Gasteiger charge is -2.32. The molecule has 1 amide bonds. The summed E-state index contributed by atoms with van der Waals surface area (Å²) in [6.07, 6.45) is 3.18. The lowest BCUT2D eigenvalue weighted by Crippen LogP contribution is -2.49. The van der Waals surface area contributed by atoms with E-state index in [4.69, 9.17) is 9.15 Å². The van der Waals surface area contributed by atoms with Gasteiger partial charge < -0.3 is 19.4 Å². The van der Waals surface area contributed by atoms with Gasteiger partial charge in [-0.05, 0) is 18.6 Å². The summed E-state index contributed by atoms with van der Waals surface area (Å²) in [5.74, 6) is 0.953. The van der Waals surface area contributed by atoms with Crippen LogP contribution in [0.3, 0.4) is 0 Å². The largest absolute Gasteiger partial charge is 0.497 e. The van der Waals surface area contributed by atoms with Crippen LogP contribution >= 0.6 is 12.4 Å². The fourth-order valence-corrected chi connectivity index (χ4v) is 3.92. The zero-order valence-electron chi connectivity index (χ0n) is 15.1. The first-order valence-corrected chi connectivity index (χ1v) is 9.01. The molecule has 2 aliphatic heterocycles. The molecule has 1 N–H and O–H groups in total. The molecule has 1 aromatic heterocycles. The highest BCUT2D eigenvalue weighted by molar-refractivity contribution is 5.88. The molecule has 142 valence electrons. The van der Waals surface area contributed by atoms with E-state index >= 15 is 0 Å². The van der Waals surface area contributed by atoms with E-state index in [0.29, 0.717) is 12.5 Å². The first-order chi connectivity index (χ1) is 12.2. The number of likely N-dealkylation sites (tertiary alicyclic amines) is 1. The van der Waals surface area contributed by atoms with Crippen LogP contribution in [-0.4, -0.2) is 68.1 Å². The van der Waals surface area contributed by atoms with Crippen LogP contribution < -0.4 is 10.1 Å². The van der Waals surface area contributed by atoms with Crippen LogP contribution in [-0.2, 0) is 11.2 Å². The van der Waals surface area contributed by atoms with Crippen molar-refractivity contribution in [2.24, 2.45) is 0 Å². The van der Waals surface area contributed by atoms with Crippen LogP contribution in [0.1, 0.15) is 12.0 Å². The van der Waals surface area contributed by atoms with Crippen molar-refractivity contribution in [2.45, 2.75) is 18.9 Å². The predicted octanol–water partition coefficient (Wildman–Crippen LogP) is 1.91. The Kier molecular flexibility index (Phi) is 6.06. The van der Waals surface area contributed by atoms with E-state index in [9.17, 15) is 4.79 Å². The summed E-state index contributed by atoms with van der Waals surface area (Å²) in [7, 11) is 1.64. The summed E-state index contributed by atoms with van der Waals surface area (Å²) in [4.78, 5) is 17.3. The number of benzene rings is 1. The van der Waals surface area contributed by atoms with Gasteiger partial charge in [0.1, 0.15) is 11.3 Å². The minimum atomic E-state index is 0. The number of nitrogens with zero attached hydrogens (tertiary/aromatic N) is 2. The molecule has 6 nitrogen and oxygen atoms in total. The predicted molar refractivity (Wildman–Crippen MR) is 103 cm³/mol. The molecule has 2 saturated heterocycles. The normalized spacial score (nSPS) is 21.0. The lowest BCUT2D eigenvalue weighted by atomic mass is 10.1. The number of hydrogen-bond donors (Lipinski definition) is 1. The molecule has 0 bridgehead atoms. The Bertz CT molecular complexity index is 758. The van der Waals surface area contributed by atoms with Gasteiger partial charge in [0.05, 0.1) is 19.8 Å². The van der Waals surface area contributed by atoms with Gasteiger partial charge in [-0.1, -0.05) is 0 Å². The molecule has 1 aromatic carbocycles. The summed E-state index contributed by atoms with van der Waals surface area (Å²) < 4.78 is 10.8. The van der Waals surface area contributed by atoms with Crippen molar-refractivity contribution >= 4 is 29.3 Å². The fourth-order valence-electron chi connectivity index (χ4n) is 3.92. The van der Waals surface area contributed by atoms with Crippen molar-refractivity contribution in [3.05, 3.63) is 30.0 Å². The van der Waals surface area contributed by atoms with Crippen LogP contribution in [0.25, 0.3) is 11.0 Å². The number of halogens is 1. The second kappa shape index (κ2) is 8.29. The Balaban J connectivity index is 0.00000196. The van der Waals surface area contributed by atoms with Crippen LogP contribution in [0, 0.1) is 0 Å². The molecular formula is C19H26ClN3O3. The summed E-state index contributed by atoms with van der Waals surface area (Å²) in [6.45, 7) is 5.98. The van der Waals surface area contributed by atoms with E-state index in [1.807, 2.05) is 23.1 Å². The van der Waals surface area contributed by atoms with Gasteiger partial charge >= 0.3 is 0 Å². The molecule has 0 saturated carbocycles. The summed E-state index contributed by atoms with van der Waals surface area (Å²) >= 11 is 0. The van der Waals surface area contributed by atoms with E-state index in [0.717, 1.165) is 68.0 Å². The third-order valence-corrected chi connectivity index (χ3v) is 5.39. The first kappa shape index (κ1) is 19.0. The molecule has 2 aromatic rings. The van der Waals surface area contributed by atoms with Gasteiger partial charge in [-0.25, -0.2) is 0 Å². The molecule has 3 heterocycles. The number of furan rings is 1. The molecular weight excluding hydrogens is 354 g/mol. The van der Waals surface area contributed by atoms with Gasteiger partial charge in [0.15, 0.2) is 0 Å². The molecule has 26 heavy (non-hydrogen) atoms. The van der Waals surface area contributed by atoms with Crippen molar-refractivity contribution in [3.8, 4) is 5.75 Å². The number of piperazine rings is 1. The number of methoxy groups -OCH3 is 1. The van der Waals surface area contributed by atoms with Crippen molar-refractivity contribution in [1.82, 2.24) is 15.1 Å². The minimum absolute atomic E-state index is 0. The molecule has 0 aliphatic carbocycles. The molecule has 4 rings (SSSR count). The summed E-state index contributed by atoms with van der Waals surface area (Å²) in [5.41, 5.74) is 1.72. The smallest absolute Gasteiger partial charge is 0.227 e. The summed E-state index contributed by atoms with van der Waals surface area (Å²) in [6, 6.07) is 6.24. The summed E-state index contributed by atoms with van der Waals surface area (Å²) in [5, 5.41) is 4.38. The second-order valence-electron chi connectivity index (χ2n) is 6.87. The fraction of sp³-hybridized carbons (Fsp3) is 0.526. The van der Waals surface area contributed by atoms with Crippen molar-refractivity contribution in [3.63, 3.8) is 0 Å². The van der Waals surface area contributed by atoms with Gasteiger partial charge in [0.2, 0.25) is 5.91 Å². The Hall–Kier alpha value is -1.76. The average molecular weight is 380 g/mol. The van der Waals surface area contributed by atoms with Crippen molar-refractivity contribution in [1.29, 1.82) is 0 Å². The van der Waals surface area contributed by atoms with Crippen LogP contribution in [0.2, 0.25) is 0 Å². The number of amides is 1. The van der Waals surface area contributed by atoms with E-state index in [1.165, 1.54) is 0 Å². The third kappa shape index (κ3) is 3.82. The highest BCUT2D eigenvalue weighted by Gasteiger charge is 2.31. The van der Waals surface area contributed by atoms with Gasteiger partial charge in [-0.15, -0.1) is 12.4 Å². The van der Waals surface area contributed by atoms with Crippen LogP contribution in [0.4, 0.5) is 0 Å². The van der Waals surface area contributed by atoms with Crippen molar-refractivity contribution < 1.29 is 13.9 Å². The van der Waals surface area contributed by atoms with E-state index < -0.39 is 0 Å². The standard InChI is InChI=1S/C19H25N3O3.ClH/c1-24-16-2-3-17-14(13-25-18(17)11-16)10-19(23)22-7-4-15(12-22)21-8-5-20-6-9-21;/h2-3,11,13,15,20H,4-10,12H2,1H3;1H. The van der Waals surface area contributed by atoms with Gasteiger partial charge in [0.25, 0.3) is 0 Å². The third-order valence-electron chi connectivity index (χ3n) is 5.39. The Morgan fingerprint density at radius 2 is 2.12 bits per heavy atom. The quantitative estimate of drug-likeness (QED) is 0.879. The number of nitrogens with one attached hydrogen (secondary N) is 1. The van der Waals surface area contributed by atoms with Gasteiger partial charge in [-0.3, -0.25) is 9.69 Å². The van der Waals surface area contributed by atoms with E-state index in [-0.39, 0.29) is 18.3 Å². The zero-order valence-corrected chi connectivity index (χ0v) is 15.9. The second-order valence-corrected chi connectivity index (χ2v) is 6.87.